The van der Waals surface area contributed by atoms with Gasteiger partial charge in [-0.3, -0.25) is 4.98 Å². The van der Waals surface area contributed by atoms with Crippen molar-refractivity contribution >= 4 is 12.6 Å². The summed E-state index contributed by atoms with van der Waals surface area (Å²) >= 11 is 0. The van der Waals surface area contributed by atoms with Crippen LogP contribution in [0.2, 0.25) is 0 Å². The first kappa shape index (κ1) is 23.0. The molecule has 3 aliphatic rings. The Morgan fingerprint density at radius 2 is 1.48 bits per heavy atom. The van der Waals surface area contributed by atoms with Crippen molar-refractivity contribution in [2.24, 2.45) is 5.92 Å². The largest absolute Gasteiger partial charge is 0.496 e. The molecule has 0 spiro atoms. The third-order valence-electron chi connectivity index (χ3n) is 7.63. The molecule has 0 atom stereocenters. The summed E-state index contributed by atoms with van der Waals surface area (Å²) in [4.78, 5) is 4.44. The molecule has 2 saturated carbocycles. The van der Waals surface area contributed by atoms with Crippen molar-refractivity contribution in [3.63, 3.8) is 0 Å². The average Bonchev–Trinajstić information content (AvgIpc) is 2.86. The van der Waals surface area contributed by atoms with Crippen molar-refractivity contribution < 1.29 is 31.3 Å². The number of halogens is 5. The molecule has 3 nitrogen and oxygen atoms in total. The molecule has 2 aliphatic carbocycles. The zero-order valence-electron chi connectivity index (χ0n) is 18.4. The summed E-state index contributed by atoms with van der Waals surface area (Å²) in [6.45, 7) is 7.72. The van der Waals surface area contributed by atoms with Crippen LogP contribution in [0.1, 0.15) is 89.3 Å². The lowest BCUT2D eigenvalue weighted by Crippen LogP contribution is -2.41. The molecule has 3 fully saturated rings. The molecule has 1 saturated heterocycles. The summed E-state index contributed by atoms with van der Waals surface area (Å²) < 4.78 is 78.6. The van der Waals surface area contributed by atoms with Gasteiger partial charge in [0.1, 0.15) is 0 Å². The lowest BCUT2D eigenvalue weighted by atomic mass is 9.68. The number of pyridine rings is 1. The fourth-order valence-electron chi connectivity index (χ4n) is 4.84. The number of aromatic nitrogens is 1. The van der Waals surface area contributed by atoms with Gasteiger partial charge >= 0.3 is 13.3 Å². The van der Waals surface area contributed by atoms with Crippen LogP contribution in [0.15, 0.2) is 12.3 Å². The van der Waals surface area contributed by atoms with Gasteiger partial charge in [0.2, 0.25) is 5.92 Å². The number of hydrogen-bond donors (Lipinski definition) is 0. The normalized spacial score (nSPS) is 30.3. The van der Waals surface area contributed by atoms with Crippen LogP contribution in [0, 0.1) is 5.92 Å². The molecule has 0 radical (unpaired) electrons. The summed E-state index contributed by atoms with van der Waals surface area (Å²) in [5.74, 6) is -4.37. The Kier molecular flexibility index (Phi) is 5.48. The second kappa shape index (κ2) is 7.40. The van der Waals surface area contributed by atoms with E-state index in [0.29, 0.717) is 24.0 Å². The maximum Gasteiger partial charge on any atom is 0.496 e. The van der Waals surface area contributed by atoms with Crippen LogP contribution in [-0.2, 0) is 9.31 Å². The van der Waals surface area contributed by atoms with E-state index in [1.807, 2.05) is 33.8 Å². The summed E-state index contributed by atoms with van der Waals surface area (Å²) in [6.07, 6.45) is -2.13. The zero-order chi connectivity index (χ0) is 22.8. The highest BCUT2D eigenvalue weighted by Crippen LogP contribution is 2.49. The smallest absolute Gasteiger partial charge is 0.399 e. The topological polar surface area (TPSA) is 31.4 Å². The van der Waals surface area contributed by atoms with E-state index in [1.165, 1.54) is 0 Å². The third kappa shape index (κ3) is 4.36. The van der Waals surface area contributed by atoms with Gasteiger partial charge in [-0.15, -0.1) is 0 Å². The van der Waals surface area contributed by atoms with Crippen LogP contribution in [-0.4, -0.2) is 35.4 Å². The van der Waals surface area contributed by atoms with Crippen LogP contribution in [0.3, 0.4) is 0 Å². The quantitative estimate of drug-likeness (QED) is 0.440. The SMILES string of the molecule is CC1(C)OB(c2cnc(C3CC(F)(F)C3)cc2C2CCC(C(F)(F)F)CC2)OC1(C)C. The Hall–Kier alpha value is -1.22. The van der Waals surface area contributed by atoms with Crippen LogP contribution in [0.5, 0.6) is 0 Å². The highest BCUT2D eigenvalue weighted by Gasteiger charge is 2.53. The summed E-state index contributed by atoms with van der Waals surface area (Å²) in [6, 6.07) is 1.82. The second-order valence-corrected chi connectivity index (χ2v) is 10.4. The third-order valence-corrected chi connectivity index (χ3v) is 7.63. The summed E-state index contributed by atoms with van der Waals surface area (Å²) in [7, 11) is -0.690. The van der Waals surface area contributed by atoms with E-state index in [4.69, 9.17) is 9.31 Å². The summed E-state index contributed by atoms with van der Waals surface area (Å²) in [5.41, 5.74) is 0.970. The fourth-order valence-corrected chi connectivity index (χ4v) is 4.84. The Balaban J connectivity index is 1.63. The van der Waals surface area contributed by atoms with Gasteiger partial charge in [-0.05, 0) is 70.9 Å². The number of hydrogen-bond acceptors (Lipinski definition) is 3. The predicted octanol–water partition coefficient (Wildman–Crippen LogP) is 5.73. The van der Waals surface area contributed by atoms with Crippen molar-refractivity contribution in [3.05, 3.63) is 23.5 Å². The standard InChI is InChI=1S/C22H29BF5NO2/c1-19(2)20(3,4)31-23(30-19)17-12-29-18(14-10-21(24,25)11-14)9-16(17)13-5-7-15(8-6-13)22(26,27)28/h9,12-15H,5-8,10-11H2,1-4H3. The molecule has 31 heavy (non-hydrogen) atoms. The van der Waals surface area contributed by atoms with Gasteiger partial charge in [0.25, 0.3) is 0 Å². The molecule has 1 aromatic rings. The van der Waals surface area contributed by atoms with Crippen molar-refractivity contribution in [1.29, 1.82) is 0 Å². The van der Waals surface area contributed by atoms with Crippen LogP contribution in [0.4, 0.5) is 22.0 Å². The van der Waals surface area contributed by atoms with E-state index in [9.17, 15) is 22.0 Å². The molecule has 0 bridgehead atoms. The molecule has 172 valence electrons. The average molecular weight is 445 g/mol. The van der Waals surface area contributed by atoms with Gasteiger partial charge < -0.3 is 9.31 Å². The number of alkyl halides is 5. The van der Waals surface area contributed by atoms with E-state index in [0.717, 1.165) is 5.56 Å². The maximum absolute atomic E-state index is 13.4. The molecular weight excluding hydrogens is 416 g/mol. The van der Waals surface area contributed by atoms with Crippen molar-refractivity contribution in [2.75, 3.05) is 0 Å². The minimum Gasteiger partial charge on any atom is -0.399 e. The Morgan fingerprint density at radius 1 is 0.935 bits per heavy atom. The highest BCUT2D eigenvalue weighted by molar-refractivity contribution is 6.62. The minimum absolute atomic E-state index is 0.0656. The van der Waals surface area contributed by atoms with Gasteiger partial charge in [-0.25, -0.2) is 8.78 Å². The van der Waals surface area contributed by atoms with Crippen molar-refractivity contribution in [3.8, 4) is 0 Å². The molecule has 0 N–H and O–H groups in total. The molecule has 1 aliphatic heterocycles. The molecular formula is C22H29BF5NO2. The number of nitrogens with zero attached hydrogens (tertiary/aromatic N) is 1. The first-order valence-corrected chi connectivity index (χ1v) is 11.0. The van der Waals surface area contributed by atoms with Crippen molar-refractivity contribution in [1.82, 2.24) is 4.98 Å². The number of rotatable bonds is 3. The molecule has 1 aromatic heterocycles. The fraction of sp³-hybridized carbons (Fsp3) is 0.773. The van der Waals surface area contributed by atoms with Crippen LogP contribution < -0.4 is 5.46 Å². The Morgan fingerprint density at radius 3 is 1.97 bits per heavy atom. The molecule has 0 unspecified atom stereocenters. The zero-order valence-corrected chi connectivity index (χ0v) is 18.4. The van der Waals surface area contributed by atoms with E-state index >= 15 is 0 Å². The molecule has 0 amide bonds. The lowest BCUT2D eigenvalue weighted by molar-refractivity contribution is -0.182. The van der Waals surface area contributed by atoms with Gasteiger partial charge in [0, 0.05) is 36.1 Å². The molecule has 2 heterocycles. The van der Waals surface area contributed by atoms with Gasteiger partial charge in [-0.2, -0.15) is 13.2 Å². The molecule has 0 aromatic carbocycles. The second-order valence-electron chi connectivity index (χ2n) is 10.4. The summed E-state index contributed by atoms with van der Waals surface area (Å²) in [5, 5.41) is 0. The first-order chi connectivity index (χ1) is 14.2. The van der Waals surface area contributed by atoms with Crippen LogP contribution in [0.25, 0.3) is 0 Å². The molecule has 4 rings (SSSR count). The molecule has 9 heteroatoms. The minimum atomic E-state index is -4.18. The van der Waals surface area contributed by atoms with Gasteiger partial charge in [0.15, 0.2) is 0 Å². The van der Waals surface area contributed by atoms with Gasteiger partial charge in [-0.1, -0.05) is 0 Å². The predicted molar refractivity (Wildman–Crippen MR) is 108 cm³/mol. The van der Waals surface area contributed by atoms with Gasteiger partial charge in [0.05, 0.1) is 17.1 Å². The Bertz CT molecular complexity index is 810. The van der Waals surface area contributed by atoms with E-state index in [2.05, 4.69) is 4.98 Å². The van der Waals surface area contributed by atoms with Crippen molar-refractivity contribution in [2.45, 2.75) is 101 Å². The van der Waals surface area contributed by atoms with E-state index in [1.54, 1.807) is 6.20 Å². The maximum atomic E-state index is 13.4. The Labute approximate surface area is 180 Å². The highest BCUT2D eigenvalue weighted by atomic mass is 19.4. The monoisotopic (exact) mass is 445 g/mol. The van der Waals surface area contributed by atoms with E-state index < -0.39 is 36.3 Å². The van der Waals surface area contributed by atoms with Crippen LogP contribution >= 0.6 is 0 Å². The first-order valence-electron chi connectivity index (χ1n) is 11.0. The lowest BCUT2D eigenvalue weighted by Gasteiger charge is -2.36. The van der Waals surface area contributed by atoms with E-state index in [-0.39, 0.29) is 37.5 Å².